The zero-order valence-electron chi connectivity index (χ0n) is 14.9. The van der Waals surface area contributed by atoms with Crippen molar-refractivity contribution in [3.63, 3.8) is 0 Å². The van der Waals surface area contributed by atoms with Gasteiger partial charge in [0, 0.05) is 25.4 Å². The van der Waals surface area contributed by atoms with Crippen LogP contribution in [0.1, 0.15) is 28.3 Å². The molecule has 0 saturated heterocycles. The molecule has 1 aromatic carbocycles. The van der Waals surface area contributed by atoms with E-state index in [1.165, 1.54) is 5.56 Å². The van der Waals surface area contributed by atoms with Crippen molar-refractivity contribution in [1.82, 2.24) is 10.2 Å². The Morgan fingerprint density at radius 2 is 1.92 bits per heavy atom. The van der Waals surface area contributed by atoms with Crippen molar-refractivity contribution < 1.29 is 14.3 Å². The van der Waals surface area contributed by atoms with Crippen LogP contribution in [0.4, 0.5) is 0 Å². The van der Waals surface area contributed by atoms with Crippen LogP contribution in [0.2, 0.25) is 0 Å². The summed E-state index contributed by atoms with van der Waals surface area (Å²) in [6, 6.07) is 13.5. The van der Waals surface area contributed by atoms with E-state index in [0.717, 1.165) is 18.6 Å². The Balaban J connectivity index is 1.92. The van der Waals surface area contributed by atoms with E-state index in [4.69, 9.17) is 4.42 Å². The van der Waals surface area contributed by atoms with Gasteiger partial charge >= 0.3 is 0 Å². The molecule has 5 heteroatoms. The Morgan fingerprint density at radius 1 is 1.20 bits per heavy atom. The number of benzene rings is 1. The van der Waals surface area contributed by atoms with Gasteiger partial charge in [-0.2, -0.15) is 0 Å². The third-order valence-corrected chi connectivity index (χ3v) is 3.79. The molecule has 0 aliphatic carbocycles. The molecule has 0 bridgehead atoms. The summed E-state index contributed by atoms with van der Waals surface area (Å²) in [7, 11) is 3.82. The molecule has 0 radical (unpaired) electrons. The van der Waals surface area contributed by atoms with Gasteiger partial charge < -0.3 is 19.7 Å². The Labute approximate surface area is 149 Å². The minimum absolute atomic E-state index is 0.0511. The number of nitrogens with one attached hydrogen (secondary N) is 1. The van der Waals surface area contributed by atoms with Crippen LogP contribution in [0, 0.1) is 0 Å². The molecule has 1 amide bonds. The minimum atomic E-state index is -0.279. The molecule has 134 valence electrons. The number of carbonyl (C=O) groups is 1. The largest absolute Gasteiger partial charge is 0.513 e. The van der Waals surface area contributed by atoms with Gasteiger partial charge in [-0.1, -0.05) is 36.9 Å². The highest BCUT2D eigenvalue weighted by Gasteiger charge is 2.18. The highest BCUT2D eigenvalue weighted by molar-refractivity contribution is 5.91. The number of hydrogen-bond acceptors (Lipinski definition) is 4. The number of rotatable bonds is 9. The van der Waals surface area contributed by atoms with Crippen molar-refractivity contribution in [3.05, 3.63) is 71.9 Å². The molecule has 0 spiro atoms. The molecule has 5 nitrogen and oxygen atoms in total. The molecule has 25 heavy (non-hydrogen) atoms. The lowest BCUT2D eigenvalue weighted by Gasteiger charge is -2.21. The molecule has 2 rings (SSSR count). The number of aliphatic hydroxyl groups is 1. The lowest BCUT2D eigenvalue weighted by molar-refractivity contribution is 0.0898. The van der Waals surface area contributed by atoms with Crippen molar-refractivity contribution in [3.8, 4) is 0 Å². The molecular formula is C20H26N2O3. The van der Waals surface area contributed by atoms with Crippen LogP contribution in [0.15, 0.2) is 59.2 Å². The van der Waals surface area contributed by atoms with Gasteiger partial charge in [-0.25, -0.2) is 0 Å². The van der Waals surface area contributed by atoms with Gasteiger partial charge in [0.2, 0.25) is 0 Å². The Morgan fingerprint density at radius 3 is 2.56 bits per heavy atom. The normalized spacial score (nSPS) is 12.1. The van der Waals surface area contributed by atoms with Crippen LogP contribution in [-0.2, 0) is 12.8 Å². The van der Waals surface area contributed by atoms with E-state index < -0.39 is 0 Å². The number of amides is 1. The predicted octanol–water partition coefficient (Wildman–Crippen LogP) is 3.19. The number of furan rings is 1. The van der Waals surface area contributed by atoms with Crippen LogP contribution in [-0.4, -0.2) is 42.6 Å². The van der Waals surface area contributed by atoms with Gasteiger partial charge in [-0.15, -0.1) is 0 Å². The maximum absolute atomic E-state index is 12.4. The summed E-state index contributed by atoms with van der Waals surface area (Å²) in [5, 5.41) is 12.3. The van der Waals surface area contributed by atoms with Crippen molar-refractivity contribution in [2.24, 2.45) is 0 Å². The summed E-state index contributed by atoms with van der Waals surface area (Å²) < 4.78 is 5.67. The van der Waals surface area contributed by atoms with E-state index in [-0.39, 0.29) is 23.5 Å². The summed E-state index contributed by atoms with van der Waals surface area (Å²) in [5.74, 6) is 0.842. The SMILES string of the molecule is C=C(O)C[C@H](CN(C)C)NC(=O)c1ccc(CCc2ccccc2)o1. The van der Waals surface area contributed by atoms with Gasteiger partial charge in [0.1, 0.15) is 5.76 Å². The first-order valence-corrected chi connectivity index (χ1v) is 8.39. The Kier molecular flexibility index (Phi) is 6.83. The monoisotopic (exact) mass is 342 g/mol. The summed E-state index contributed by atoms with van der Waals surface area (Å²) in [5.41, 5.74) is 1.23. The molecule has 2 aromatic rings. The second kappa shape index (κ2) is 9.08. The predicted molar refractivity (Wildman–Crippen MR) is 98.8 cm³/mol. The zero-order chi connectivity index (χ0) is 18.2. The Bertz CT molecular complexity index is 692. The lowest BCUT2D eigenvalue weighted by atomic mass is 10.1. The summed E-state index contributed by atoms with van der Waals surface area (Å²) in [6.45, 7) is 4.11. The van der Waals surface area contributed by atoms with Crippen LogP contribution < -0.4 is 5.32 Å². The lowest BCUT2D eigenvalue weighted by Crippen LogP contribution is -2.41. The maximum atomic E-state index is 12.4. The average Bonchev–Trinajstić information content (AvgIpc) is 3.01. The molecule has 0 aliphatic rings. The fraction of sp³-hybridized carbons (Fsp3) is 0.350. The van der Waals surface area contributed by atoms with E-state index in [9.17, 15) is 9.90 Å². The van der Waals surface area contributed by atoms with Crippen LogP contribution in [0.25, 0.3) is 0 Å². The molecule has 0 saturated carbocycles. The maximum Gasteiger partial charge on any atom is 0.287 e. The molecule has 2 N–H and O–H groups in total. The molecule has 0 unspecified atom stereocenters. The third kappa shape index (κ3) is 6.47. The average molecular weight is 342 g/mol. The smallest absolute Gasteiger partial charge is 0.287 e. The second-order valence-electron chi connectivity index (χ2n) is 6.45. The first-order chi connectivity index (χ1) is 11.9. The van der Waals surface area contributed by atoms with Gasteiger partial charge in [0.15, 0.2) is 5.76 Å². The Hall–Kier alpha value is -2.53. The fourth-order valence-electron chi connectivity index (χ4n) is 2.69. The van der Waals surface area contributed by atoms with Crippen molar-refractivity contribution in [1.29, 1.82) is 0 Å². The fourth-order valence-corrected chi connectivity index (χ4v) is 2.69. The number of carbonyl (C=O) groups excluding carboxylic acids is 1. The minimum Gasteiger partial charge on any atom is -0.513 e. The van der Waals surface area contributed by atoms with Gasteiger partial charge in [-0.05, 0) is 38.2 Å². The van der Waals surface area contributed by atoms with Crippen molar-refractivity contribution in [2.75, 3.05) is 20.6 Å². The first-order valence-electron chi connectivity index (χ1n) is 8.39. The first kappa shape index (κ1) is 18.8. The topological polar surface area (TPSA) is 65.7 Å². The highest BCUT2D eigenvalue weighted by atomic mass is 16.3. The van der Waals surface area contributed by atoms with Crippen LogP contribution in [0.5, 0.6) is 0 Å². The quantitative estimate of drug-likeness (QED) is 0.687. The summed E-state index contributed by atoms with van der Waals surface area (Å²) in [4.78, 5) is 14.3. The second-order valence-corrected chi connectivity index (χ2v) is 6.45. The van der Waals surface area contributed by atoms with Crippen molar-refractivity contribution >= 4 is 5.91 Å². The molecule has 1 atom stereocenters. The van der Waals surface area contributed by atoms with Gasteiger partial charge in [-0.3, -0.25) is 4.79 Å². The van der Waals surface area contributed by atoms with Gasteiger partial charge in [0.05, 0.1) is 5.76 Å². The molecule has 0 aliphatic heterocycles. The van der Waals surface area contributed by atoms with E-state index in [2.05, 4.69) is 24.0 Å². The number of hydrogen-bond donors (Lipinski definition) is 2. The van der Waals surface area contributed by atoms with E-state index in [0.29, 0.717) is 13.0 Å². The van der Waals surface area contributed by atoms with Gasteiger partial charge in [0.25, 0.3) is 5.91 Å². The van der Waals surface area contributed by atoms with E-state index >= 15 is 0 Å². The molecule has 1 aromatic heterocycles. The summed E-state index contributed by atoms with van der Waals surface area (Å²) >= 11 is 0. The molecule has 1 heterocycles. The van der Waals surface area contributed by atoms with E-state index in [1.807, 2.05) is 43.3 Å². The zero-order valence-corrected chi connectivity index (χ0v) is 14.9. The molecule has 0 fully saturated rings. The van der Waals surface area contributed by atoms with Crippen LogP contribution >= 0.6 is 0 Å². The van der Waals surface area contributed by atoms with Crippen molar-refractivity contribution in [2.45, 2.75) is 25.3 Å². The number of aryl methyl sites for hydroxylation is 2. The molecular weight excluding hydrogens is 316 g/mol. The third-order valence-electron chi connectivity index (χ3n) is 3.79. The summed E-state index contributed by atoms with van der Waals surface area (Å²) in [6.07, 6.45) is 1.92. The van der Waals surface area contributed by atoms with E-state index in [1.54, 1.807) is 6.07 Å². The van der Waals surface area contributed by atoms with Crippen LogP contribution in [0.3, 0.4) is 0 Å². The number of aliphatic hydroxyl groups excluding tert-OH is 1. The standard InChI is InChI=1S/C20H26N2O3/c1-15(23)13-17(14-22(2)3)21-20(24)19-12-11-18(25-19)10-9-16-7-5-4-6-8-16/h4-8,11-12,17,23H,1,9-10,13-14H2,2-3H3,(H,21,24)/t17-/m1/s1. The number of nitrogens with zero attached hydrogens (tertiary/aromatic N) is 1. The number of likely N-dealkylation sites (N-methyl/N-ethyl adjacent to an activating group) is 1. The highest BCUT2D eigenvalue weighted by Crippen LogP contribution is 2.12.